The van der Waals surface area contributed by atoms with E-state index in [-0.39, 0.29) is 0 Å². The van der Waals surface area contributed by atoms with E-state index in [9.17, 15) is 0 Å². The Morgan fingerprint density at radius 2 is 1.86 bits per heavy atom. The SMILES string of the molecule is Brc1cccc(NCCn2cc(-c3ccccc3)cn2)c1. The number of anilines is 1. The average Bonchev–Trinajstić information content (AvgIpc) is 2.97. The predicted octanol–water partition coefficient (Wildman–Crippen LogP) is 4.42. The molecule has 3 nitrogen and oxygen atoms in total. The van der Waals surface area contributed by atoms with Crippen molar-refractivity contribution < 1.29 is 0 Å². The summed E-state index contributed by atoms with van der Waals surface area (Å²) in [4.78, 5) is 0. The number of hydrogen-bond donors (Lipinski definition) is 1. The molecule has 0 bridgehead atoms. The van der Waals surface area contributed by atoms with Crippen LogP contribution in [0.2, 0.25) is 0 Å². The van der Waals surface area contributed by atoms with Gasteiger partial charge in [-0.15, -0.1) is 0 Å². The van der Waals surface area contributed by atoms with Crippen LogP contribution < -0.4 is 5.32 Å². The highest BCUT2D eigenvalue weighted by molar-refractivity contribution is 9.10. The lowest BCUT2D eigenvalue weighted by Crippen LogP contribution is -2.10. The first-order valence-corrected chi connectivity index (χ1v) is 7.68. The van der Waals surface area contributed by atoms with E-state index in [4.69, 9.17) is 0 Å². The van der Waals surface area contributed by atoms with E-state index in [1.54, 1.807) is 0 Å². The van der Waals surface area contributed by atoms with Crippen LogP contribution in [0.5, 0.6) is 0 Å². The monoisotopic (exact) mass is 341 g/mol. The maximum atomic E-state index is 4.41. The summed E-state index contributed by atoms with van der Waals surface area (Å²) in [6.07, 6.45) is 3.99. The minimum Gasteiger partial charge on any atom is -0.383 e. The van der Waals surface area contributed by atoms with Gasteiger partial charge in [0.25, 0.3) is 0 Å². The molecule has 0 amide bonds. The second kappa shape index (κ2) is 6.59. The number of nitrogens with one attached hydrogen (secondary N) is 1. The lowest BCUT2D eigenvalue weighted by Gasteiger charge is -2.06. The van der Waals surface area contributed by atoms with Crippen LogP contribution in [-0.2, 0) is 6.54 Å². The van der Waals surface area contributed by atoms with E-state index in [2.05, 4.69) is 56.8 Å². The first-order valence-electron chi connectivity index (χ1n) is 6.88. The summed E-state index contributed by atoms with van der Waals surface area (Å²) in [5.74, 6) is 0. The molecule has 4 heteroatoms. The molecule has 0 fully saturated rings. The van der Waals surface area contributed by atoms with Gasteiger partial charge in [-0.3, -0.25) is 4.68 Å². The van der Waals surface area contributed by atoms with Crippen molar-refractivity contribution >= 4 is 21.6 Å². The van der Waals surface area contributed by atoms with E-state index in [0.717, 1.165) is 28.8 Å². The molecule has 0 saturated heterocycles. The lowest BCUT2D eigenvalue weighted by atomic mass is 10.1. The van der Waals surface area contributed by atoms with Crippen molar-refractivity contribution in [2.24, 2.45) is 0 Å². The zero-order valence-corrected chi connectivity index (χ0v) is 13.1. The second-order valence-corrected chi connectivity index (χ2v) is 5.71. The molecule has 0 radical (unpaired) electrons. The van der Waals surface area contributed by atoms with Crippen LogP contribution in [0.25, 0.3) is 11.1 Å². The van der Waals surface area contributed by atoms with Crippen LogP contribution in [0, 0.1) is 0 Å². The van der Waals surface area contributed by atoms with Crippen molar-refractivity contribution in [3.8, 4) is 11.1 Å². The molecule has 3 rings (SSSR count). The standard InChI is InChI=1S/C17H16BrN3/c18-16-7-4-8-17(11-16)19-9-10-21-13-15(12-20-21)14-5-2-1-3-6-14/h1-8,11-13,19H,9-10H2. The van der Waals surface area contributed by atoms with Gasteiger partial charge in [0.05, 0.1) is 12.7 Å². The number of benzene rings is 2. The predicted molar refractivity (Wildman–Crippen MR) is 90.3 cm³/mol. The maximum absolute atomic E-state index is 4.41. The minimum absolute atomic E-state index is 0.833. The number of hydrogen-bond acceptors (Lipinski definition) is 2. The van der Waals surface area contributed by atoms with Crippen molar-refractivity contribution in [2.75, 3.05) is 11.9 Å². The molecule has 1 heterocycles. The summed E-state index contributed by atoms with van der Waals surface area (Å²) < 4.78 is 3.05. The third kappa shape index (κ3) is 3.73. The Bertz CT molecular complexity index is 707. The summed E-state index contributed by atoms with van der Waals surface area (Å²) in [7, 11) is 0. The number of halogens is 1. The van der Waals surface area contributed by atoms with Gasteiger partial charge in [0.1, 0.15) is 0 Å². The van der Waals surface area contributed by atoms with Crippen molar-refractivity contribution in [1.82, 2.24) is 9.78 Å². The molecule has 21 heavy (non-hydrogen) atoms. The van der Waals surface area contributed by atoms with Gasteiger partial charge >= 0.3 is 0 Å². The zero-order valence-electron chi connectivity index (χ0n) is 11.5. The maximum Gasteiger partial charge on any atom is 0.0582 e. The van der Waals surface area contributed by atoms with Crippen LogP contribution in [0.15, 0.2) is 71.5 Å². The number of nitrogens with zero attached hydrogens (tertiary/aromatic N) is 2. The fourth-order valence-electron chi connectivity index (χ4n) is 2.18. The Morgan fingerprint density at radius 3 is 2.67 bits per heavy atom. The van der Waals surface area contributed by atoms with E-state index in [1.165, 1.54) is 5.56 Å². The first kappa shape index (κ1) is 13.9. The van der Waals surface area contributed by atoms with E-state index in [1.807, 2.05) is 41.2 Å². The summed E-state index contributed by atoms with van der Waals surface area (Å²) in [5.41, 5.74) is 3.46. The van der Waals surface area contributed by atoms with E-state index in [0.29, 0.717) is 0 Å². The molecule has 1 N–H and O–H groups in total. The Kier molecular flexibility index (Phi) is 4.36. The fraction of sp³-hybridized carbons (Fsp3) is 0.118. The first-order chi connectivity index (χ1) is 10.3. The summed E-state index contributed by atoms with van der Waals surface area (Å²) in [6.45, 7) is 1.67. The topological polar surface area (TPSA) is 29.9 Å². The van der Waals surface area contributed by atoms with Gasteiger partial charge < -0.3 is 5.32 Å². The molecule has 3 aromatic rings. The molecular formula is C17H16BrN3. The number of aromatic nitrogens is 2. The van der Waals surface area contributed by atoms with Gasteiger partial charge in [-0.2, -0.15) is 5.10 Å². The Labute approximate surface area is 132 Å². The normalized spacial score (nSPS) is 10.5. The van der Waals surface area contributed by atoms with Crippen LogP contribution in [0.3, 0.4) is 0 Å². The largest absolute Gasteiger partial charge is 0.383 e. The molecule has 0 unspecified atom stereocenters. The van der Waals surface area contributed by atoms with Crippen LogP contribution in [-0.4, -0.2) is 16.3 Å². The molecule has 106 valence electrons. The second-order valence-electron chi connectivity index (χ2n) is 4.80. The van der Waals surface area contributed by atoms with Gasteiger partial charge in [-0.25, -0.2) is 0 Å². The van der Waals surface area contributed by atoms with Crippen molar-refractivity contribution in [1.29, 1.82) is 0 Å². The molecule has 0 aliphatic heterocycles. The highest BCUT2D eigenvalue weighted by Crippen LogP contribution is 2.18. The van der Waals surface area contributed by atoms with Gasteiger partial charge in [0.15, 0.2) is 0 Å². The quantitative estimate of drug-likeness (QED) is 0.744. The molecule has 1 aromatic heterocycles. The molecule has 0 aliphatic rings. The van der Waals surface area contributed by atoms with Crippen LogP contribution in [0.4, 0.5) is 5.69 Å². The van der Waals surface area contributed by atoms with Gasteiger partial charge in [0.2, 0.25) is 0 Å². The molecule has 0 atom stereocenters. The molecule has 0 spiro atoms. The van der Waals surface area contributed by atoms with Crippen LogP contribution in [0.1, 0.15) is 0 Å². The molecular weight excluding hydrogens is 326 g/mol. The third-order valence-electron chi connectivity index (χ3n) is 3.24. The van der Waals surface area contributed by atoms with Gasteiger partial charge in [-0.1, -0.05) is 52.3 Å². The highest BCUT2D eigenvalue weighted by atomic mass is 79.9. The van der Waals surface area contributed by atoms with Crippen LogP contribution >= 0.6 is 15.9 Å². The summed E-state index contributed by atoms with van der Waals surface area (Å²) in [6, 6.07) is 18.5. The van der Waals surface area contributed by atoms with Gasteiger partial charge in [-0.05, 0) is 23.8 Å². The zero-order chi connectivity index (χ0) is 14.5. The average molecular weight is 342 g/mol. The van der Waals surface area contributed by atoms with Gasteiger partial charge in [0, 0.05) is 28.5 Å². The third-order valence-corrected chi connectivity index (χ3v) is 3.73. The highest BCUT2D eigenvalue weighted by Gasteiger charge is 2.01. The van der Waals surface area contributed by atoms with E-state index >= 15 is 0 Å². The fourth-order valence-corrected chi connectivity index (χ4v) is 2.58. The minimum atomic E-state index is 0.833. The molecule has 0 aliphatic carbocycles. The van der Waals surface area contributed by atoms with Crippen molar-refractivity contribution in [3.63, 3.8) is 0 Å². The summed E-state index contributed by atoms with van der Waals surface area (Å²) in [5, 5.41) is 7.80. The van der Waals surface area contributed by atoms with E-state index < -0.39 is 0 Å². The number of rotatable bonds is 5. The van der Waals surface area contributed by atoms with Crippen molar-refractivity contribution in [3.05, 3.63) is 71.5 Å². The molecule has 0 saturated carbocycles. The Hall–Kier alpha value is -2.07. The Morgan fingerprint density at radius 1 is 1.00 bits per heavy atom. The summed E-state index contributed by atoms with van der Waals surface area (Å²) >= 11 is 3.47. The lowest BCUT2D eigenvalue weighted by molar-refractivity contribution is 0.638. The smallest absolute Gasteiger partial charge is 0.0582 e. The molecule has 2 aromatic carbocycles. The Balaban J connectivity index is 1.58. The van der Waals surface area contributed by atoms with Crippen molar-refractivity contribution in [2.45, 2.75) is 6.54 Å².